The fourth-order valence-corrected chi connectivity index (χ4v) is 0.981. The molecule has 3 heteroatoms. The first-order chi connectivity index (χ1) is 5.88. The van der Waals surface area contributed by atoms with Crippen molar-refractivity contribution in [3.05, 3.63) is 24.3 Å². The maximum atomic E-state index is 8.59. The molecule has 0 saturated carbocycles. The van der Waals surface area contributed by atoms with Crippen LogP contribution in [0.2, 0.25) is 0 Å². The molecule has 0 heterocycles. The minimum Gasteiger partial charge on any atom is -0.495 e. The van der Waals surface area contributed by atoms with Gasteiger partial charge in [-0.15, -0.1) is 0 Å². The van der Waals surface area contributed by atoms with Crippen molar-refractivity contribution in [2.24, 2.45) is 0 Å². The Balaban J connectivity index is 2.68. The van der Waals surface area contributed by atoms with E-state index in [1.54, 1.807) is 7.11 Å². The summed E-state index contributed by atoms with van der Waals surface area (Å²) in [6.07, 6.45) is 0. The lowest BCUT2D eigenvalue weighted by Crippen LogP contribution is -2.06. The van der Waals surface area contributed by atoms with Crippen LogP contribution in [0.5, 0.6) is 5.75 Å². The molecule has 2 N–H and O–H groups in total. The Hall–Kier alpha value is -1.22. The van der Waals surface area contributed by atoms with Crippen molar-refractivity contribution < 1.29 is 9.84 Å². The van der Waals surface area contributed by atoms with Gasteiger partial charge in [-0.1, -0.05) is 12.1 Å². The van der Waals surface area contributed by atoms with E-state index in [0.29, 0.717) is 6.54 Å². The molecule has 0 aliphatic carbocycles. The van der Waals surface area contributed by atoms with Crippen LogP contribution in [-0.2, 0) is 0 Å². The minimum atomic E-state index is 0.123. The fraction of sp³-hybridized carbons (Fsp3) is 0.333. The number of rotatable bonds is 4. The highest BCUT2D eigenvalue weighted by molar-refractivity contribution is 5.55. The fourth-order valence-electron chi connectivity index (χ4n) is 0.981. The summed E-state index contributed by atoms with van der Waals surface area (Å²) in [5.41, 5.74) is 0.911. The zero-order valence-electron chi connectivity index (χ0n) is 7.08. The number of para-hydroxylation sites is 2. The van der Waals surface area contributed by atoms with E-state index in [1.807, 2.05) is 24.3 Å². The van der Waals surface area contributed by atoms with Crippen LogP contribution in [-0.4, -0.2) is 25.4 Å². The van der Waals surface area contributed by atoms with E-state index >= 15 is 0 Å². The topological polar surface area (TPSA) is 41.5 Å². The SMILES string of the molecule is COc1ccccc1NCCO. The van der Waals surface area contributed by atoms with E-state index in [9.17, 15) is 0 Å². The Kier molecular flexibility index (Phi) is 3.41. The molecule has 0 aliphatic heterocycles. The van der Waals surface area contributed by atoms with Crippen molar-refractivity contribution in [1.82, 2.24) is 0 Å². The summed E-state index contributed by atoms with van der Waals surface area (Å²) < 4.78 is 5.10. The number of hydrogen-bond donors (Lipinski definition) is 2. The van der Waals surface area contributed by atoms with Gasteiger partial charge in [0.25, 0.3) is 0 Å². The molecule has 1 rings (SSSR count). The van der Waals surface area contributed by atoms with E-state index in [1.165, 1.54) is 0 Å². The molecule has 12 heavy (non-hydrogen) atoms. The van der Waals surface area contributed by atoms with E-state index in [-0.39, 0.29) is 6.61 Å². The third-order valence-electron chi connectivity index (χ3n) is 1.53. The molecule has 0 spiro atoms. The smallest absolute Gasteiger partial charge is 0.141 e. The number of ether oxygens (including phenoxy) is 1. The summed E-state index contributed by atoms with van der Waals surface area (Å²) in [6, 6.07) is 7.61. The van der Waals surface area contributed by atoms with Crippen molar-refractivity contribution >= 4 is 5.69 Å². The second-order valence-corrected chi connectivity index (χ2v) is 2.35. The number of aliphatic hydroxyl groups excluding tert-OH is 1. The van der Waals surface area contributed by atoms with Gasteiger partial charge in [0.15, 0.2) is 0 Å². The minimum absolute atomic E-state index is 0.123. The van der Waals surface area contributed by atoms with E-state index in [2.05, 4.69) is 5.32 Å². The van der Waals surface area contributed by atoms with Crippen molar-refractivity contribution in [2.75, 3.05) is 25.6 Å². The van der Waals surface area contributed by atoms with Gasteiger partial charge in [0.2, 0.25) is 0 Å². The largest absolute Gasteiger partial charge is 0.495 e. The lowest BCUT2D eigenvalue weighted by molar-refractivity contribution is 0.311. The molecule has 0 atom stereocenters. The average Bonchev–Trinajstić information content (AvgIpc) is 2.15. The number of hydrogen-bond acceptors (Lipinski definition) is 3. The molecule has 0 aliphatic rings. The first-order valence-electron chi connectivity index (χ1n) is 3.86. The molecule has 3 nitrogen and oxygen atoms in total. The zero-order chi connectivity index (χ0) is 8.81. The van der Waals surface area contributed by atoms with Gasteiger partial charge in [-0.2, -0.15) is 0 Å². The number of anilines is 1. The third-order valence-corrected chi connectivity index (χ3v) is 1.53. The Morgan fingerprint density at radius 1 is 1.42 bits per heavy atom. The highest BCUT2D eigenvalue weighted by atomic mass is 16.5. The number of aliphatic hydroxyl groups is 1. The highest BCUT2D eigenvalue weighted by Crippen LogP contribution is 2.22. The Labute approximate surface area is 72.0 Å². The molecule has 0 fully saturated rings. The van der Waals surface area contributed by atoms with Crippen molar-refractivity contribution in [2.45, 2.75) is 0 Å². The molecule has 1 aromatic carbocycles. The monoisotopic (exact) mass is 167 g/mol. The summed E-state index contributed by atoms with van der Waals surface area (Å²) in [5.74, 6) is 0.797. The van der Waals surface area contributed by atoms with Gasteiger partial charge in [0.1, 0.15) is 5.75 Å². The van der Waals surface area contributed by atoms with Gasteiger partial charge >= 0.3 is 0 Å². The quantitative estimate of drug-likeness (QED) is 0.705. The standard InChI is InChI=1S/C9H13NO2/c1-12-9-5-3-2-4-8(9)10-6-7-11/h2-5,10-11H,6-7H2,1H3. The maximum absolute atomic E-state index is 8.59. The molecular weight excluding hydrogens is 154 g/mol. The van der Waals surface area contributed by atoms with Gasteiger partial charge < -0.3 is 15.2 Å². The van der Waals surface area contributed by atoms with Crippen LogP contribution >= 0.6 is 0 Å². The predicted octanol–water partition coefficient (Wildman–Crippen LogP) is 1.10. The normalized spacial score (nSPS) is 9.50. The van der Waals surface area contributed by atoms with Crippen molar-refractivity contribution in [1.29, 1.82) is 0 Å². The summed E-state index contributed by atoms with van der Waals surface area (Å²) in [5, 5.41) is 11.6. The lowest BCUT2D eigenvalue weighted by Gasteiger charge is -2.08. The summed E-state index contributed by atoms with van der Waals surface area (Å²) >= 11 is 0. The van der Waals surface area contributed by atoms with Crippen LogP contribution in [0, 0.1) is 0 Å². The first-order valence-corrected chi connectivity index (χ1v) is 3.86. The van der Waals surface area contributed by atoms with E-state index in [4.69, 9.17) is 9.84 Å². The van der Waals surface area contributed by atoms with Gasteiger partial charge in [0, 0.05) is 6.54 Å². The second kappa shape index (κ2) is 4.62. The average molecular weight is 167 g/mol. The van der Waals surface area contributed by atoms with Crippen molar-refractivity contribution in [3.63, 3.8) is 0 Å². The first kappa shape index (κ1) is 8.87. The summed E-state index contributed by atoms with van der Waals surface area (Å²) in [4.78, 5) is 0. The molecule has 0 unspecified atom stereocenters. The molecule has 66 valence electrons. The van der Waals surface area contributed by atoms with Crippen molar-refractivity contribution in [3.8, 4) is 5.75 Å². The van der Waals surface area contributed by atoms with Crippen LogP contribution in [0.1, 0.15) is 0 Å². The van der Waals surface area contributed by atoms with E-state index in [0.717, 1.165) is 11.4 Å². The number of methoxy groups -OCH3 is 1. The van der Waals surface area contributed by atoms with Crippen LogP contribution in [0.25, 0.3) is 0 Å². The lowest BCUT2D eigenvalue weighted by atomic mass is 10.3. The van der Waals surface area contributed by atoms with Gasteiger partial charge in [-0.3, -0.25) is 0 Å². The molecular formula is C9H13NO2. The van der Waals surface area contributed by atoms with Crippen LogP contribution in [0.3, 0.4) is 0 Å². The van der Waals surface area contributed by atoms with E-state index < -0.39 is 0 Å². The molecule has 1 aromatic rings. The summed E-state index contributed by atoms with van der Waals surface area (Å²) in [6.45, 7) is 0.665. The van der Waals surface area contributed by atoms with Crippen LogP contribution in [0.15, 0.2) is 24.3 Å². The maximum Gasteiger partial charge on any atom is 0.141 e. The third kappa shape index (κ3) is 2.13. The van der Waals surface area contributed by atoms with Gasteiger partial charge in [0.05, 0.1) is 19.4 Å². The zero-order valence-corrected chi connectivity index (χ0v) is 7.08. The Bertz CT molecular complexity index is 238. The highest BCUT2D eigenvalue weighted by Gasteiger charge is 1.97. The van der Waals surface area contributed by atoms with Gasteiger partial charge in [-0.25, -0.2) is 0 Å². The molecule has 0 amide bonds. The van der Waals surface area contributed by atoms with Gasteiger partial charge in [-0.05, 0) is 12.1 Å². The molecule has 0 saturated heterocycles. The Morgan fingerprint density at radius 2 is 2.17 bits per heavy atom. The number of benzene rings is 1. The molecule has 0 bridgehead atoms. The van der Waals surface area contributed by atoms with Crippen LogP contribution < -0.4 is 10.1 Å². The second-order valence-electron chi connectivity index (χ2n) is 2.35. The Morgan fingerprint density at radius 3 is 2.83 bits per heavy atom. The molecule has 0 radical (unpaired) electrons. The van der Waals surface area contributed by atoms with Crippen LogP contribution in [0.4, 0.5) is 5.69 Å². The predicted molar refractivity (Wildman–Crippen MR) is 48.6 cm³/mol. The molecule has 0 aromatic heterocycles. The number of nitrogens with one attached hydrogen (secondary N) is 1. The summed E-state index contributed by atoms with van der Waals surface area (Å²) in [7, 11) is 1.62.